The van der Waals surface area contributed by atoms with Crippen molar-refractivity contribution in [2.75, 3.05) is 20.1 Å². The third kappa shape index (κ3) is 3.62. The number of hydrogen-bond acceptors (Lipinski definition) is 2. The van der Waals surface area contributed by atoms with Crippen molar-refractivity contribution in [1.82, 2.24) is 10.2 Å². The van der Waals surface area contributed by atoms with E-state index < -0.39 is 0 Å². The van der Waals surface area contributed by atoms with Gasteiger partial charge in [-0.05, 0) is 57.3 Å². The Kier molecular flexibility index (Phi) is 5.22. The molecule has 1 aliphatic rings. The van der Waals surface area contributed by atoms with Crippen LogP contribution in [-0.2, 0) is 0 Å². The topological polar surface area (TPSA) is 15.3 Å². The molecule has 1 fully saturated rings. The van der Waals surface area contributed by atoms with Gasteiger partial charge in [-0.1, -0.05) is 37.6 Å². The average molecular weight is 274 g/mol. The van der Waals surface area contributed by atoms with Crippen LogP contribution in [0, 0.1) is 19.8 Å². The van der Waals surface area contributed by atoms with E-state index in [1.54, 1.807) is 0 Å². The Balaban J connectivity index is 2.24. The number of piperidine rings is 1. The van der Waals surface area contributed by atoms with Gasteiger partial charge in [-0.2, -0.15) is 0 Å². The smallest absolute Gasteiger partial charge is 0.0388 e. The summed E-state index contributed by atoms with van der Waals surface area (Å²) in [5.41, 5.74) is 4.34. The molecular formula is C18H30N2. The van der Waals surface area contributed by atoms with Crippen molar-refractivity contribution in [2.45, 2.75) is 52.6 Å². The van der Waals surface area contributed by atoms with Gasteiger partial charge in [0.2, 0.25) is 0 Å². The summed E-state index contributed by atoms with van der Waals surface area (Å²) in [5.74, 6) is 0.719. The highest BCUT2D eigenvalue weighted by atomic mass is 15.1. The second kappa shape index (κ2) is 6.73. The highest BCUT2D eigenvalue weighted by molar-refractivity contribution is 5.33. The fraction of sp³-hybridized carbons (Fsp3) is 0.667. The van der Waals surface area contributed by atoms with Crippen LogP contribution >= 0.6 is 0 Å². The van der Waals surface area contributed by atoms with Crippen molar-refractivity contribution in [2.24, 2.45) is 5.92 Å². The third-order valence-electron chi connectivity index (χ3n) is 4.55. The van der Waals surface area contributed by atoms with Crippen LogP contribution in [-0.4, -0.2) is 31.1 Å². The van der Waals surface area contributed by atoms with Crippen molar-refractivity contribution >= 4 is 0 Å². The molecule has 1 saturated heterocycles. The molecule has 20 heavy (non-hydrogen) atoms. The molecule has 2 unspecified atom stereocenters. The number of hydrogen-bond donors (Lipinski definition) is 1. The normalized spacial score (nSPS) is 24.3. The van der Waals surface area contributed by atoms with Gasteiger partial charge in [0.1, 0.15) is 0 Å². The Bertz CT molecular complexity index is 439. The van der Waals surface area contributed by atoms with E-state index in [-0.39, 0.29) is 0 Å². The molecule has 112 valence electrons. The van der Waals surface area contributed by atoms with E-state index in [2.05, 4.69) is 63.2 Å². The van der Waals surface area contributed by atoms with Crippen molar-refractivity contribution < 1.29 is 0 Å². The summed E-state index contributed by atoms with van der Waals surface area (Å²) in [6.07, 6.45) is 2.66. The number of benzene rings is 1. The Morgan fingerprint density at radius 2 is 2.05 bits per heavy atom. The molecule has 0 amide bonds. The first-order valence-electron chi connectivity index (χ1n) is 8.00. The molecule has 0 spiro atoms. The van der Waals surface area contributed by atoms with Gasteiger partial charge in [-0.15, -0.1) is 0 Å². The van der Waals surface area contributed by atoms with Crippen LogP contribution in [0.5, 0.6) is 0 Å². The summed E-state index contributed by atoms with van der Waals surface area (Å²) in [6.45, 7) is 11.3. The van der Waals surface area contributed by atoms with Crippen LogP contribution in [0.1, 0.15) is 49.4 Å². The molecule has 1 aromatic rings. The van der Waals surface area contributed by atoms with E-state index in [1.807, 2.05) is 0 Å². The molecule has 1 aromatic carbocycles. The average Bonchev–Trinajstić information content (AvgIpc) is 2.39. The maximum atomic E-state index is 3.64. The predicted molar refractivity (Wildman–Crippen MR) is 87.1 cm³/mol. The van der Waals surface area contributed by atoms with E-state index in [1.165, 1.54) is 36.1 Å². The predicted octanol–water partition coefficient (Wildman–Crippen LogP) is 3.68. The lowest BCUT2D eigenvalue weighted by Crippen LogP contribution is -2.42. The van der Waals surface area contributed by atoms with Gasteiger partial charge in [-0.3, -0.25) is 4.90 Å². The number of nitrogens with one attached hydrogen (secondary N) is 1. The first kappa shape index (κ1) is 15.5. The van der Waals surface area contributed by atoms with E-state index in [0.717, 1.165) is 12.5 Å². The Labute approximate surface area is 124 Å². The second-order valence-electron chi connectivity index (χ2n) is 6.75. The minimum Gasteiger partial charge on any atom is -0.314 e. The molecule has 2 nitrogen and oxygen atoms in total. The molecule has 1 N–H and O–H groups in total. The SMILES string of the molecule is Cc1ccc(C)c(C2C(CNC(C)C)CCCN2C)c1. The zero-order valence-electron chi connectivity index (χ0n) is 13.7. The molecule has 0 saturated carbocycles. The lowest BCUT2D eigenvalue weighted by molar-refractivity contribution is 0.117. The maximum Gasteiger partial charge on any atom is 0.0388 e. The Hall–Kier alpha value is -0.860. The number of nitrogens with zero attached hydrogens (tertiary/aromatic N) is 1. The minimum atomic E-state index is 0.565. The quantitative estimate of drug-likeness (QED) is 0.901. The molecule has 0 bridgehead atoms. The second-order valence-corrected chi connectivity index (χ2v) is 6.75. The summed E-state index contributed by atoms with van der Waals surface area (Å²) in [6, 6.07) is 8.03. The summed E-state index contributed by atoms with van der Waals surface area (Å²) >= 11 is 0. The van der Waals surface area contributed by atoms with Crippen molar-refractivity contribution in [3.8, 4) is 0 Å². The van der Waals surface area contributed by atoms with E-state index >= 15 is 0 Å². The van der Waals surface area contributed by atoms with Crippen LogP contribution in [0.25, 0.3) is 0 Å². The van der Waals surface area contributed by atoms with Crippen molar-refractivity contribution in [3.05, 3.63) is 34.9 Å². The minimum absolute atomic E-state index is 0.565. The molecule has 0 aromatic heterocycles. The highest BCUT2D eigenvalue weighted by Gasteiger charge is 2.31. The highest BCUT2D eigenvalue weighted by Crippen LogP contribution is 2.36. The van der Waals surface area contributed by atoms with Gasteiger partial charge in [0, 0.05) is 18.6 Å². The lowest BCUT2D eigenvalue weighted by Gasteiger charge is -2.41. The zero-order chi connectivity index (χ0) is 14.7. The van der Waals surface area contributed by atoms with Gasteiger partial charge in [0.15, 0.2) is 0 Å². The molecule has 2 atom stereocenters. The lowest BCUT2D eigenvalue weighted by atomic mass is 9.82. The maximum absolute atomic E-state index is 3.64. The number of aryl methyl sites for hydroxylation is 2. The number of likely N-dealkylation sites (tertiary alicyclic amines) is 1. The van der Waals surface area contributed by atoms with Crippen molar-refractivity contribution in [3.63, 3.8) is 0 Å². The zero-order valence-corrected chi connectivity index (χ0v) is 13.7. The molecule has 1 heterocycles. The summed E-state index contributed by atoms with van der Waals surface area (Å²) < 4.78 is 0. The molecule has 2 heteroatoms. The van der Waals surface area contributed by atoms with Gasteiger partial charge >= 0.3 is 0 Å². The monoisotopic (exact) mass is 274 g/mol. The van der Waals surface area contributed by atoms with Crippen LogP contribution in [0.15, 0.2) is 18.2 Å². The number of rotatable bonds is 4. The van der Waals surface area contributed by atoms with E-state index in [0.29, 0.717) is 12.1 Å². The molecule has 0 radical (unpaired) electrons. The summed E-state index contributed by atoms with van der Waals surface area (Å²) in [7, 11) is 2.29. The summed E-state index contributed by atoms with van der Waals surface area (Å²) in [5, 5.41) is 3.64. The third-order valence-corrected chi connectivity index (χ3v) is 4.55. The van der Waals surface area contributed by atoms with Crippen LogP contribution < -0.4 is 5.32 Å². The van der Waals surface area contributed by atoms with Crippen LogP contribution in [0.3, 0.4) is 0 Å². The fourth-order valence-corrected chi connectivity index (χ4v) is 3.43. The van der Waals surface area contributed by atoms with Crippen LogP contribution in [0.4, 0.5) is 0 Å². The van der Waals surface area contributed by atoms with Gasteiger partial charge in [0.05, 0.1) is 0 Å². The standard InChI is InChI=1S/C18H30N2/c1-13(2)19-12-16-7-6-10-20(5)18(16)17-11-14(3)8-9-15(17)4/h8-9,11,13,16,18-19H,6-7,10,12H2,1-5H3. The summed E-state index contributed by atoms with van der Waals surface area (Å²) in [4.78, 5) is 2.55. The fourth-order valence-electron chi connectivity index (χ4n) is 3.43. The van der Waals surface area contributed by atoms with E-state index in [4.69, 9.17) is 0 Å². The molecule has 2 rings (SSSR count). The van der Waals surface area contributed by atoms with Gasteiger partial charge < -0.3 is 5.32 Å². The first-order chi connectivity index (χ1) is 9.49. The molecular weight excluding hydrogens is 244 g/mol. The molecule has 0 aliphatic carbocycles. The molecule has 1 aliphatic heterocycles. The Morgan fingerprint density at radius 3 is 2.75 bits per heavy atom. The Morgan fingerprint density at radius 1 is 1.30 bits per heavy atom. The first-order valence-corrected chi connectivity index (χ1v) is 8.00. The van der Waals surface area contributed by atoms with Gasteiger partial charge in [-0.25, -0.2) is 0 Å². The van der Waals surface area contributed by atoms with Crippen molar-refractivity contribution in [1.29, 1.82) is 0 Å². The largest absolute Gasteiger partial charge is 0.314 e. The van der Waals surface area contributed by atoms with Crippen LogP contribution in [0.2, 0.25) is 0 Å². The van der Waals surface area contributed by atoms with Gasteiger partial charge in [0.25, 0.3) is 0 Å². The van der Waals surface area contributed by atoms with E-state index in [9.17, 15) is 0 Å².